The molecule has 0 radical (unpaired) electrons. The number of benzene rings is 1. The van der Waals surface area contributed by atoms with Crippen LogP contribution in [0.5, 0.6) is 0 Å². The van der Waals surface area contributed by atoms with Gasteiger partial charge in [-0.1, -0.05) is 19.9 Å². The number of nitrogens with one attached hydrogen (secondary N) is 1. The monoisotopic (exact) mass is 315 g/mol. The lowest BCUT2D eigenvalue weighted by Gasteiger charge is -2.11. The third-order valence-corrected chi connectivity index (χ3v) is 4.40. The van der Waals surface area contributed by atoms with Crippen LogP contribution >= 0.6 is 0 Å². The maximum absolute atomic E-state index is 12.2. The van der Waals surface area contributed by atoms with E-state index in [1.54, 1.807) is 0 Å². The van der Waals surface area contributed by atoms with Gasteiger partial charge in [-0.15, -0.1) is 0 Å². The minimum Gasteiger partial charge on any atom is -0.478 e. The largest absolute Gasteiger partial charge is 0.478 e. The van der Waals surface area contributed by atoms with Crippen molar-refractivity contribution in [3.8, 4) is 0 Å². The predicted molar refractivity (Wildman–Crippen MR) is 79.0 cm³/mol. The molecule has 0 saturated carbocycles. The van der Waals surface area contributed by atoms with E-state index in [4.69, 9.17) is 9.84 Å². The molecule has 1 aromatic rings. The van der Waals surface area contributed by atoms with Crippen molar-refractivity contribution in [2.75, 3.05) is 19.8 Å². The van der Waals surface area contributed by atoms with Crippen molar-refractivity contribution in [1.29, 1.82) is 0 Å². The van der Waals surface area contributed by atoms with Crippen molar-refractivity contribution < 1.29 is 23.1 Å². The Morgan fingerprint density at radius 3 is 2.62 bits per heavy atom. The Kier molecular flexibility index (Phi) is 6.32. The molecule has 2 N–H and O–H groups in total. The van der Waals surface area contributed by atoms with Crippen LogP contribution in [-0.4, -0.2) is 39.3 Å². The predicted octanol–water partition coefficient (Wildman–Crippen LogP) is 1.64. The first kappa shape index (κ1) is 17.6. The third kappa shape index (κ3) is 5.11. The Balaban J connectivity index is 2.75. The molecule has 0 fully saturated rings. The summed E-state index contributed by atoms with van der Waals surface area (Å²) in [5, 5.41) is 9.02. The van der Waals surface area contributed by atoms with Crippen molar-refractivity contribution in [3.05, 3.63) is 29.3 Å². The molecular weight excluding hydrogens is 294 g/mol. The number of ether oxygens (including phenoxy) is 1. The van der Waals surface area contributed by atoms with E-state index in [1.165, 1.54) is 25.1 Å². The Bertz CT molecular complexity index is 595. The molecule has 7 heteroatoms. The lowest BCUT2D eigenvalue weighted by molar-refractivity contribution is 0.0696. The highest BCUT2D eigenvalue weighted by molar-refractivity contribution is 7.89. The highest BCUT2D eigenvalue weighted by Crippen LogP contribution is 2.18. The highest BCUT2D eigenvalue weighted by Gasteiger charge is 2.20. The van der Waals surface area contributed by atoms with Gasteiger partial charge in [0.25, 0.3) is 0 Å². The van der Waals surface area contributed by atoms with Crippen LogP contribution in [0.3, 0.4) is 0 Å². The molecule has 0 atom stereocenters. The maximum Gasteiger partial charge on any atom is 0.335 e. The molecule has 118 valence electrons. The Morgan fingerprint density at radius 1 is 1.38 bits per heavy atom. The number of carboxylic acids is 1. The van der Waals surface area contributed by atoms with Crippen LogP contribution in [0.1, 0.15) is 29.8 Å². The summed E-state index contributed by atoms with van der Waals surface area (Å²) >= 11 is 0. The van der Waals surface area contributed by atoms with Gasteiger partial charge in [-0.05, 0) is 30.5 Å². The van der Waals surface area contributed by atoms with Gasteiger partial charge < -0.3 is 9.84 Å². The molecule has 0 unspecified atom stereocenters. The number of hydrogen-bond donors (Lipinski definition) is 2. The van der Waals surface area contributed by atoms with E-state index in [9.17, 15) is 13.2 Å². The van der Waals surface area contributed by atoms with Gasteiger partial charge in [0, 0.05) is 13.2 Å². The van der Waals surface area contributed by atoms with Crippen LogP contribution in [0.15, 0.2) is 23.1 Å². The summed E-state index contributed by atoms with van der Waals surface area (Å²) in [6, 6.07) is 4.18. The van der Waals surface area contributed by atoms with E-state index in [-0.39, 0.29) is 29.2 Å². The second-order valence-corrected chi connectivity index (χ2v) is 6.84. The number of aromatic carboxylic acids is 1. The molecule has 1 rings (SSSR count). The van der Waals surface area contributed by atoms with E-state index in [1.807, 2.05) is 13.8 Å². The first-order chi connectivity index (χ1) is 9.75. The zero-order valence-corrected chi connectivity index (χ0v) is 13.2. The molecule has 21 heavy (non-hydrogen) atoms. The van der Waals surface area contributed by atoms with Crippen LogP contribution in [0.2, 0.25) is 0 Å². The smallest absolute Gasteiger partial charge is 0.335 e. The molecule has 1 aromatic carbocycles. The first-order valence-corrected chi connectivity index (χ1v) is 8.14. The van der Waals surface area contributed by atoms with Crippen molar-refractivity contribution in [2.24, 2.45) is 5.92 Å². The summed E-state index contributed by atoms with van der Waals surface area (Å²) in [4.78, 5) is 11.0. The average molecular weight is 315 g/mol. The molecule has 0 amide bonds. The summed E-state index contributed by atoms with van der Waals surface area (Å²) in [6.07, 6.45) is 0. The summed E-state index contributed by atoms with van der Waals surface area (Å²) in [6.45, 7) is 6.47. The minimum absolute atomic E-state index is 0.0195. The first-order valence-electron chi connectivity index (χ1n) is 6.66. The molecule has 0 aromatic heterocycles. The Morgan fingerprint density at radius 2 is 2.05 bits per heavy atom. The van der Waals surface area contributed by atoms with Crippen molar-refractivity contribution in [1.82, 2.24) is 4.72 Å². The summed E-state index contributed by atoms with van der Waals surface area (Å²) < 4.78 is 32.0. The molecule has 0 aliphatic carbocycles. The fourth-order valence-corrected chi connectivity index (χ4v) is 3.06. The van der Waals surface area contributed by atoms with E-state index < -0.39 is 16.0 Å². The van der Waals surface area contributed by atoms with Gasteiger partial charge in [0.1, 0.15) is 0 Å². The minimum atomic E-state index is -3.74. The lowest BCUT2D eigenvalue weighted by atomic mass is 10.1. The van der Waals surface area contributed by atoms with Gasteiger partial charge in [-0.2, -0.15) is 0 Å². The van der Waals surface area contributed by atoms with Crippen LogP contribution in [0.25, 0.3) is 0 Å². The van der Waals surface area contributed by atoms with Crippen molar-refractivity contribution in [3.63, 3.8) is 0 Å². The standard InChI is InChI=1S/C14H21NO5S/c1-10(2)9-20-8-7-15-21(18,19)13-6-4-5-12(11(13)3)14(16)17/h4-6,10,15H,7-9H2,1-3H3,(H,16,17). The SMILES string of the molecule is Cc1c(C(=O)O)cccc1S(=O)(=O)NCCOCC(C)C. The molecular formula is C14H21NO5S. The lowest BCUT2D eigenvalue weighted by Crippen LogP contribution is -2.28. The van der Waals surface area contributed by atoms with E-state index in [2.05, 4.69) is 4.72 Å². The highest BCUT2D eigenvalue weighted by atomic mass is 32.2. The van der Waals surface area contributed by atoms with Gasteiger partial charge >= 0.3 is 5.97 Å². The van der Waals surface area contributed by atoms with E-state index in [0.29, 0.717) is 12.5 Å². The molecule has 0 aliphatic rings. The van der Waals surface area contributed by atoms with Gasteiger partial charge in [-0.25, -0.2) is 17.9 Å². The van der Waals surface area contributed by atoms with Gasteiger partial charge in [0.2, 0.25) is 10.0 Å². The van der Waals surface area contributed by atoms with Crippen LogP contribution < -0.4 is 4.72 Å². The van der Waals surface area contributed by atoms with Crippen LogP contribution in [0.4, 0.5) is 0 Å². The molecule has 0 spiro atoms. The fourth-order valence-electron chi connectivity index (χ4n) is 1.78. The van der Waals surface area contributed by atoms with Crippen LogP contribution in [-0.2, 0) is 14.8 Å². The Labute approximate surface area is 125 Å². The zero-order valence-electron chi connectivity index (χ0n) is 12.4. The van der Waals surface area contributed by atoms with Gasteiger partial charge in [0.05, 0.1) is 17.1 Å². The molecule has 6 nitrogen and oxygen atoms in total. The number of carboxylic acid groups (broad SMARTS) is 1. The second-order valence-electron chi connectivity index (χ2n) is 5.10. The van der Waals surface area contributed by atoms with Crippen molar-refractivity contribution in [2.45, 2.75) is 25.7 Å². The zero-order chi connectivity index (χ0) is 16.0. The van der Waals surface area contributed by atoms with E-state index in [0.717, 1.165) is 0 Å². The van der Waals surface area contributed by atoms with E-state index >= 15 is 0 Å². The van der Waals surface area contributed by atoms with Crippen molar-refractivity contribution >= 4 is 16.0 Å². The fraction of sp³-hybridized carbons (Fsp3) is 0.500. The molecule has 0 heterocycles. The molecule has 0 bridgehead atoms. The summed E-state index contributed by atoms with van der Waals surface area (Å²) in [7, 11) is -3.74. The second kappa shape index (κ2) is 7.53. The molecule has 0 saturated heterocycles. The normalized spacial score (nSPS) is 11.8. The van der Waals surface area contributed by atoms with Gasteiger partial charge in [-0.3, -0.25) is 0 Å². The number of hydrogen-bond acceptors (Lipinski definition) is 4. The maximum atomic E-state index is 12.2. The number of carbonyl (C=O) groups is 1. The molecule has 0 aliphatic heterocycles. The summed E-state index contributed by atoms with van der Waals surface area (Å²) in [5.74, 6) is -0.763. The summed E-state index contributed by atoms with van der Waals surface area (Å²) in [5.41, 5.74) is 0.203. The van der Waals surface area contributed by atoms with Gasteiger partial charge in [0.15, 0.2) is 0 Å². The average Bonchev–Trinajstić information content (AvgIpc) is 2.37. The Hall–Kier alpha value is -1.44. The number of rotatable bonds is 8. The number of sulfonamides is 1. The third-order valence-electron chi connectivity index (χ3n) is 2.79. The quantitative estimate of drug-likeness (QED) is 0.712. The van der Waals surface area contributed by atoms with Crippen LogP contribution in [0, 0.1) is 12.8 Å². The topological polar surface area (TPSA) is 92.7 Å².